The van der Waals surface area contributed by atoms with Crippen molar-refractivity contribution < 1.29 is 13.5 Å². The van der Waals surface area contributed by atoms with Gasteiger partial charge in [0.2, 0.25) is 0 Å². The van der Waals surface area contributed by atoms with Crippen molar-refractivity contribution in [1.29, 1.82) is 0 Å². The molecule has 0 saturated heterocycles. The van der Waals surface area contributed by atoms with Gasteiger partial charge in [-0.25, -0.2) is 14.6 Å². The summed E-state index contributed by atoms with van der Waals surface area (Å²) < 4.78 is 31.7. The number of rotatable bonds is 4. The molecule has 0 aromatic heterocycles. The molecule has 0 aliphatic rings. The van der Waals surface area contributed by atoms with Gasteiger partial charge in [0, 0.05) is 7.11 Å². The van der Waals surface area contributed by atoms with E-state index in [4.69, 9.17) is 16.3 Å². The van der Waals surface area contributed by atoms with Gasteiger partial charge in [-0.2, -0.15) is 0 Å². The second-order valence-electron chi connectivity index (χ2n) is 3.45. The smallest absolute Gasteiger partial charge is 0.185 e. The Bertz CT molecular complexity index is 385. The minimum absolute atomic E-state index is 0.106. The highest BCUT2D eigenvalue weighted by atomic mass is 19.2. The number of nitrogens with zero attached hydrogens (tertiary/aromatic N) is 1. The summed E-state index contributed by atoms with van der Waals surface area (Å²) in [5, 5.41) is 1.04. The van der Waals surface area contributed by atoms with Gasteiger partial charge in [0.1, 0.15) is 5.69 Å². The Balaban J connectivity index is 3.08. The summed E-state index contributed by atoms with van der Waals surface area (Å²) in [5.74, 6) is 3.60. The third-order valence-electron chi connectivity index (χ3n) is 2.22. The van der Waals surface area contributed by atoms with Crippen LogP contribution in [0, 0.1) is 18.6 Å². The minimum atomic E-state index is -1.03. The molecule has 0 fully saturated rings. The van der Waals surface area contributed by atoms with E-state index >= 15 is 0 Å². The van der Waals surface area contributed by atoms with Crippen LogP contribution in [0.15, 0.2) is 6.07 Å². The van der Waals surface area contributed by atoms with Crippen LogP contribution in [0.2, 0.25) is 0 Å². The van der Waals surface area contributed by atoms with Gasteiger partial charge in [-0.3, -0.25) is 0 Å². The lowest BCUT2D eigenvalue weighted by Gasteiger charge is -2.21. The molecule has 0 radical (unpaired) electrons. The van der Waals surface area contributed by atoms with Gasteiger partial charge in [-0.1, -0.05) is 0 Å². The van der Waals surface area contributed by atoms with Crippen molar-refractivity contribution in [2.45, 2.75) is 6.92 Å². The Morgan fingerprint density at radius 3 is 2.56 bits per heavy atom. The van der Waals surface area contributed by atoms with Gasteiger partial charge < -0.3 is 15.5 Å². The number of methoxy groups -OCH3 is 1. The summed E-state index contributed by atoms with van der Waals surface area (Å²) in [5.41, 5.74) is 5.71. The molecule has 6 heteroatoms. The number of halogens is 2. The molecule has 0 saturated carbocycles. The summed E-state index contributed by atoms with van der Waals surface area (Å²) in [7, 11) is 1.49. The summed E-state index contributed by atoms with van der Waals surface area (Å²) in [4.78, 5) is 0. The highest BCUT2D eigenvalue weighted by molar-refractivity contribution is 5.68. The average molecular weight is 231 g/mol. The molecular weight excluding hydrogens is 216 g/mol. The number of benzene rings is 1. The van der Waals surface area contributed by atoms with E-state index in [0.29, 0.717) is 6.61 Å². The molecule has 16 heavy (non-hydrogen) atoms. The molecule has 0 atom stereocenters. The molecule has 1 aromatic carbocycles. The van der Waals surface area contributed by atoms with Crippen LogP contribution >= 0.6 is 0 Å². The van der Waals surface area contributed by atoms with E-state index in [0.717, 1.165) is 5.01 Å². The molecule has 0 aliphatic heterocycles. The molecule has 0 spiro atoms. The molecule has 0 unspecified atom stereocenters. The van der Waals surface area contributed by atoms with E-state index in [9.17, 15) is 8.78 Å². The van der Waals surface area contributed by atoms with Crippen LogP contribution in [-0.2, 0) is 4.74 Å². The summed E-state index contributed by atoms with van der Waals surface area (Å²) >= 11 is 0. The van der Waals surface area contributed by atoms with Crippen molar-refractivity contribution in [3.8, 4) is 0 Å². The molecule has 1 rings (SSSR count). The van der Waals surface area contributed by atoms with Crippen molar-refractivity contribution in [2.75, 3.05) is 31.0 Å². The van der Waals surface area contributed by atoms with E-state index in [1.807, 2.05) is 0 Å². The van der Waals surface area contributed by atoms with Gasteiger partial charge >= 0.3 is 0 Å². The first-order valence-corrected chi connectivity index (χ1v) is 4.74. The second-order valence-corrected chi connectivity index (χ2v) is 3.45. The number of aryl methyl sites for hydroxylation is 1. The van der Waals surface area contributed by atoms with Gasteiger partial charge in [-0.15, -0.1) is 0 Å². The lowest BCUT2D eigenvalue weighted by Crippen LogP contribution is -2.35. The van der Waals surface area contributed by atoms with Crippen molar-refractivity contribution in [3.63, 3.8) is 0 Å². The zero-order chi connectivity index (χ0) is 12.3. The fourth-order valence-corrected chi connectivity index (χ4v) is 1.36. The monoisotopic (exact) mass is 231 g/mol. The molecule has 90 valence electrons. The predicted molar refractivity (Wildman–Crippen MR) is 58.9 cm³/mol. The van der Waals surface area contributed by atoms with E-state index in [1.165, 1.54) is 20.1 Å². The lowest BCUT2D eigenvalue weighted by molar-refractivity contribution is 0.205. The number of nitrogen functional groups attached to an aromatic ring is 1. The molecule has 4 nitrogen and oxygen atoms in total. The van der Waals surface area contributed by atoms with Gasteiger partial charge in [0.05, 0.1) is 18.8 Å². The molecule has 0 heterocycles. The molecule has 0 bridgehead atoms. The number of hydrogen-bond acceptors (Lipinski definition) is 4. The zero-order valence-corrected chi connectivity index (χ0v) is 9.26. The minimum Gasteiger partial charge on any atom is -0.397 e. The van der Waals surface area contributed by atoms with Gasteiger partial charge in [0.15, 0.2) is 11.6 Å². The highest BCUT2D eigenvalue weighted by Crippen LogP contribution is 2.29. The molecule has 0 amide bonds. The van der Waals surface area contributed by atoms with Crippen LogP contribution in [0.5, 0.6) is 0 Å². The normalized spacial score (nSPS) is 10.6. The molecular formula is C10H15F2N3O. The third kappa shape index (κ3) is 2.40. The fourth-order valence-electron chi connectivity index (χ4n) is 1.36. The lowest BCUT2D eigenvalue weighted by atomic mass is 10.1. The van der Waals surface area contributed by atoms with Crippen LogP contribution in [0.1, 0.15) is 5.56 Å². The highest BCUT2D eigenvalue weighted by Gasteiger charge is 2.18. The Hall–Kier alpha value is -1.40. The average Bonchev–Trinajstić information content (AvgIpc) is 2.23. The van der Waals surface area contributed by atoms with Crippen LogP contribution < -0.4 is 16.6 Å². The number of hydrazine groups is 1. The quantitative estimate of drug-likeness (QED) is 0.464. The van der Waals surface area contributed by atoms with E-state index in [1.54, 1.807) is 0 Å². The number of nitrogens with two attached hydrogens (primary N) is 2. The van der Waals surface area contributed by atoms with Gasteiger partial charge in [-0.05, 0) is 18.6 Å². The number of ether oxygens (including phenoxy) is 1. The topological polar surface area (TPSA) is 64.5 Å². The first-order valence-electron chi connectivity index (χ1n) is 4.74. The maximum absolute atomic E-state index is 13.6. The predicted octanol–water partition coefficient (Wildman–Crippen LogP) is 1.18. The standard InChI is InChI=1S/C10H15F2N3O/c1-6-5-7(13)10(9(12)8(6)11)15(14)3-4-16-2/h5H,3-4,13-14H2,1-2H3. The fraction of sp³-hybridized carbons (Fsp3) is 0.400. The maximum Gasteiger partial charge on any atom is 0.185 e. The molecule has 1 aromatic rings. The van der Waals surface area contributed by atoms with Crippen LogP contribution in [0.25, 0.3) is 0 Å². The maximum atomic E-state index is 13.6. The number of anilines is 2. The molecule has 4 N–H and O–H groups in total. The van der Waals surface area contributed by atoms with E-state index in [2.05, 4.69) is 0 Å². The molecule has 0 aliphatic carbocycles. The largest absolute Gasteiger partial charge is 0.397 e. The first kappa shape index (κ1) is 12.7. The Labute approximate surface area is 92.7 Å². The second kappa shape index (κ2) is 5.09. The van der Waals surface area contributed by atoms with Crippen molar-refractivity contribution in [1.82, 2.24) is 0 Å². The van der Waals surface area contributed by atoms with Crippen molar-refractivity contribution in [3.05, 3.63) is 23.3 Å². The Kier molecular flexibility index (Phi) is 4.03. The van der Waals surface area contributed by atoms with Crippen LogP contribution in [0.3, 0.4) is 0 Å². The SMILES string of the molecule is COCCN(N)c1c(N)cc(C)c(F)c1F. The zero-order valence-electron chi connectivity index (χ0n) is 9.26. The van der Waals surface area contributed by atoms with Crippen molar-refractivity contribution >= 4 is 11.4 Å². The first-order chi connectivity index (χ1) is 7.49. The van der Waals surface area contributed by atoms with Gasteiger partial charge in [0.25, 0.3) is 0 Å². The Morgan fingerprint density at radius 1 is 1.38 bits per heavy atom. The Morgan fingerprint density at radius 2 is 2.00 bits per heavy atom. The summed E-state index contributed by atoms with van der Waals surface area (Å²) in [6.07, 6.45) is 0. The van der Waals surface area contributed by atoms with Crippen LogP contribution in [0.4, 0.5) is 20.2 Å². The van der Waals surface area contributed by atoms with Crippen molar-refractivity contribution in [2.24, 2.45) is 5.84 Å². The van der Waals surface area contributed by atoms with Crippen LogP contribution in [-0.4, -0.2) is 20.3 Å². The third-order valence-corrected chi connectivity index (χ3v) is 2.22. The van der Waals surface area contributed by atoms with E-state index in [-0.39, 0.29) is 23.5 Å². The summed E-state index contributed by atoms with van der Waals surface area (Å²) in [6.45, 7) is 1.96. The van der Waals surface area contributed by atoms with E-state index < -0.39 is 11.6 Å². The summed E-state index contributed by atoms with van der Waals surface area (Å²) in [6, 6.07) is 1.35. The number of hydrogen-bond donors (Lipinski definition) is 2.